The van der Waals surface area contributed by atoms with Gasteiger partial charge in [0.05, 0.1) is 11.4 Å². The number of hydrogen-bond donors (Lipinski definition) is 1. The Bertz CT molecular complexity index is 1020. The lowest BCUT2D eigenvalue weighted by Gasteiger charge is -2.25. The summed E-state index contributed by atoms with van der Waals surface area (Å²) in [6.45, 7) is 4.21. The molecule has 0 aliphatic carbocycles. The Hall–Kier alpha value is -2.92. The Morgan fingerprint density at radius 2 is 1.81 bits per heavy atom. The zero-order valence-electron chi connectivity index (χ0n) is 16.1. The van der Waals surface area contributed by atoms with Crippen LogP contribution in [-0.4, -0.2) is 31.4 Å². The van der Waals surface area contributed by atoms with Gasteiger partial charge < -0.3 is 14.6 Å². The highest BCUT2D eigenvalue weighted by atomic mass is 16.3. The van der Waals surface area contributed by atoms with Gasteiger partial charge in [-0.3, -0.25) is 9.59 Å². The van der Waals surface area contributed by atoms with E-state index in [9.17, 15) is 9.59 Å². The van der Waals surface area contributed by atoms with Crippen LogP contribution in [0.3, 0.4) is 0 Å². The van der Waals surface area contributed by atoms with Crippen LogP contribution in [0.1, 0.15) is 33.3 Å². The second-order valence-corrected chi connectivity index (χ2v) is 7.03. The Morgan fingerprint density at radius 3 is 2.48 bits per heavy atom. The summed E-state index contributed by atoms with van der Waals surface area (Å²) in [6.07, 6.45) is 0. The quantitative estimate of drug-likeness (QED) is 0.753. The fraction of sp³-hybridized carbons (Fsp3) is 0.273. The van der Waals surface area contributed by atoms with E-state index in [1.165, 1.54) is 6.07 Å². The average Bonchev–Trinajstić information content (AvgIpc) is 2.63. The highest BCUT2D eigenvalue weighted by Gasteiger charge is 2.18. The zero-order valence-corrected chi connectivity index (χ0v) is 16.1. The van der Waals surface area contributed by atoms with Crippen molar-refractivity contribution in [1.82, 2.24) is 10.2 Å². The fourth-order valence-corrected chi connectivity index (χ4v) is 3.27. The van der Waals surface area contributed by atoms with Crippen molar-refractivity contribution in [3.8, 4) is 0 Å². The van der Waals surface area contributed by atoms with Crippen molar-refractivity contribution < 1.29 is 9.21 Å². The number of nitrogens with one attached hydrogen (secondary N) is 1. The minimum absolute atomic E-state index is 0.0201. The summed E-state index contributed by atoms with van der Waals surface area (Å²) in [4.78, 5) is 27.1. The predicted molar refractivity (Wildman–Crippen MR) is 107 cm³/mol. The van der Waals surface area contributed by atoms with Crippen LogP contribution in [0.15, 0.2) is 57.7 Å². The van der Waals surface area contributed by atoms with Crippen LogP contribution in [0.5, 0.6) is 0 Å². The molecular formula is C22H24N2O3. The molecule has 0 spiro atoms. The summed E-state index contributed by atoms with van der Waals surface area (Å²) in [5.74, 6) is -0.359. The highest BCUT2D eigenvalue weighted by Crippen LogP contribution is 2.20. The molecule has 27 heavy (non-hydrogen) atoms. The number of fused-ring (bicyclic) bond motifs is 1. The minimum atomic E-state index is -0.392. The Balaban J connectivity index is 1.85. The van der Waals surface area contributed by atoms with Crippen molar-refractivity contribution >= 4 is 16.9 Å². The van der Waals surface area contributed by atoms with Gasteiger partial charge in [0.25, 0.3) is 5.91 Å². The van der Waals surface area contributed by atoms with E-state index in [-0.39, 0.29) is 17.2 Å². The van der Waals surface area contributed by atoms with Crippen molar-refractivity contribution in [2.75, 3.05) is 20.6 Å². The number of rotatable bonds is 5. The van der Waals surface area contributed by atoms with Gasteiger partial charge in [-0.1, -0.05) is 36.4 Å². The number of hydrogen-bond acceptors (Lipinski definition) is 4. The molecule has 1 unspecified atom stereocenters. The van der Waals surface area contributed by atoms with Crippen molar-refractivity contribution in [2.24, 2.45) is 0 Å². The van der Waals surface area contributed by atoms with Crippen molar-refractivity contribution in [3.63, 3.8) is 0 Å². The minimum Gasteiger partial charge on any atom is -0.450 e. The smallest absolute Gasteiger partial charge is 0.287 e. The summed E-state index contributed by atoms with van der Waals surface area (Å²) in [5.41, 5.74) is 3.19. The van der Waals surface area contributed by atoms with Crippen LogP contribution >= 0.6 is 0 Å². The molecule has 2 aromatic carbocycles. The van der Waals surface area contributed by atoms with Crippen molar-refractivity contribution in [2.45, 2.75) is 19.9 Å². The molecular weight excluding hydrogens is 340 g/mol. The van der Waals surface area contributed by atoms with E-state index in [1.54, 1.807) is 6.07 Å². The molecule has 140 valence electrons. The van der Waals surface area contributed by atoms with Gasteiger partial charge >= 0.3 is 0 Å². The van der Waals surface area contributed by atoms with Gasteiger partial charge in [0.15, 0.2) is 11.2 Å². The molecule has 3 aromatic rings. The summed E-state index contributed by atoms with van der Waals surface area (Å²) < 4.78 is 5.76. The molecule has 0 fully saturated rings. The molecule has 0 saturated heterocycles. The number of carbonyl (C=O) groups is 1. The SMILES string of the molecule is Cc1cc(C)c2oc(C(=O)NCC(c3ccccc3)N(C)C)cc(=O)c2c1. The molecule has 3 rings (SSSR count). The lowest BCUT2D eigenvalue weighted by molar-refractivity contribution is 0.0914. The molecule has 0 radical (unpaired) electrons. The normalized spacial score (nSPS) is 12.3. The molecule has 0 bridgehead atoms. The Kier molecular flexibility index (Phi) is 5.42. The molecule has 5 nitrogen and oxygen atoms in total. The first kappa shape index (κ1) is 18.9. The number of likely N-dealkylation sites (N-methyl/N-ethyl adjacent to an activating group) is 1. The van der Waals surface area contributed by atoms with Crippen LogP contribution in [0.25, 0.3) is 11.0 Å². The molecule has 0 saturated carbocycles. The second-order valence-electron chi connectivity index (χ2n) is 7.03. The highest BCUT2D eigenvalue weighted by molar-refractivity contribution is 5.93. The molecule has 1 aromatic heterocycles. The first-order valence-electron chi connectivity index (χ1n) is 8.91. The predicted octanol–water partition coefficient (Wildman–Crippen LogP) is 3.44. The first-order valence-corrected chi connectivity index (χ1v) is 8.91. The topological polar surface area (TPSA) is 62.6 Å². The maximum absolute atomic E-state index is 12.6. The van der Waals surface area contributed by atoms with Crippen LogP contribution in [0.2, 0.25) is 0 Å². The number of nitrogens with zero attached hydrogens (tertiary/aromatic N) is 1. The number of benzene rings is 2. The molecule has 1 amide bonds. The molecule has 0 aliphatic rings. The fourth-order valence-electron chi connectivity index (χ4n) is 3.27. The summed E-state index contributed by atoms with van der Waals surface area (Å²) >= 11 is 0. The third-order valence-corrected chi connectivity index (χ3v) is 4.65. The standard InChI is InChI=1S/C22H24N2O3/c1-14-10-15(2)21-17(11-14)19(25)12-20(27-21)22(26)23-13-18(24(3)4)16-8-6-5-7-9-16/h5-12,18H,13H2,1-4H3,(H,23,26). The molecule has 5 heteroatoms. The largest absolute Gasteiger partial charge is 0.450 e. The van der Waals surface area contributed by atoms with Gasteiger partial charge in [0.2, 0.25) is 0 Å². The lowest BCUT2D eigenvalue weighted by atomic mass is 10.1. The average molecular weight is 364 g/mol. The zero-order chi connectivity index (χ0) is 19.6. The van der Waals surface area contributed by atoms with E-state index in [0.29, 0.717) is 17.5 Å². The number of amides is 1. The van der Waals surface area contributed by atoms with E-state index >= 15 is 0 Å². The van der Waals surface area contributed by atoms with E-state index in [0.717, 1.165) is 16.7 Å². The number of carbonyl (C=O) groups excluding carboxylic acids is 1. The monoisotopic (exact) mass is 364 g/mol. The van der Waals surface area contributed by atoms with Gasteiger partial charge in [-0.2, -0.15) is 0 Å². The maximum atomic E-state index is 12.6. The van der Waals surface area contributed by atoms with Crippen LogP contribution < -0.4 is 10.7 Å². The van der Waals surface area contributed by atoms with Gasteiger partial charge in [-0.25, -0.2) is 0 Å². The van der Waals surface area contributed by atoms with Gasteiger partial charge in [0, 0.05) is 12.6 Å². The van der Waals surface area contributed by atoms with Crippen molar-refractivity contribution in [1.29, 1.82) is 0 Å². The maximum Gasteiger partial charge on any atom is 0.287 e. The van der Waals surface area contributed by atoms with E-state index < -0.39 is 5.91 Å². The van der Waals surface area contributed by atoms with Gasteiger partial charge in [-0.15, -0.1) is 0 Å². The van der Waals surface area contributed by atoms with E-state index in [4.69, 9.17) is 4.42 Å². The lowest BCUT2D eigenvalue weighted by Crippen LogP contribution is -2.34. The Morgan fingerprint density at radius 1 is 1.11 bits per heavy atom. The van der Waals surface area contributed by atoms with Gasteiger partial charge in [-0.05, 0) is 50.7 Å². The van der Waals surface area contributed by atoms with Crippen LogP contribution in [0, 0.1) is 13.8 Å². The summed E-state index contributed by atoms with van der Waals surface area (Å²) in [6, 6.07) is 15.0. The van der Waals surface area contributed by atoms with Gasteiger partial charge in [0.1, 0.15) is 5.58 Å². The molecule has 1 N–H and O–H groups in total. The van der Waals surface area contributed by atoms with Crippen LogP contribution in [-0.2, 0) is 0 Å². The summed E-state index contributed by atoms with van der Waals surface area (Å²) in [7, 11) is 3.93. The Labute approximate surface area is 158 Å². The van der Waals surface area contributed by atoms with E-state index in [2.05, 4.69) is 5.32 Å². The molecule has 1 heterocycles. The first-order chi connectivity index (χ1) is 12.9. The van der Waals surface area contributed by atoms with Crippen LogP contribution in [0.4, 0.5) is 0 Å². The molecule has 1 atom stereocenters. The second kappa shape index (κ2) is 7.76. The third-order valence-electron chi connectivity index (χ3n) is 4.65. The van der Waals surface area contributed by atoms with Crippen molar-refractivity contribution in [3.05, 3.63) is 81.2 Å². The molecule has 0 aliphatic heterocycles. The number of aryl methyl sites for hydroxylation is 2. The third kappa shape index (κ3) is 4.09. The van der Waals surface area contributed by atoms with E-state index in [1.807, 2.05) is 69.2 Å². The summed E-state index contributed by atoms with van der Waals surface area (Å²) in [5, 5.41) is 3.39.